The minimum atomic E-state index is 0.921. The van der Waals surface area contributed by atoms with E-state index in [1.807, 2.05) is 62.5 Å². The number of hydrogen-bond donors (Lipinski definition) is 0. The molecule has 0 aliphatic rings. The number of anilines is 5. The molecule has 0 amide bonds. The third kappa shape index (κ3) is 8.90. The van der Waals surface area contributed by atoms with E-state index >= 15 is 0 Å². The number of allylic oxidation sites excluding steroid dienone is 3. The van der Waals surface area contributed by atoms with Gasteiger partial charge in [-0.25, -0.2) is 0 Å². The average molecular weight is 879 g/mol. The standard InChI is InChI=1S/C43H30N2OS.C13H12S.C4H8/c1-44(33-15-10-16-35(27-33)45(31-11-4-2-5-12-31)32-13-6-3-7-14-32)34-21-24-43-39(28-34)38-26-30(20-23-42(38)47-43)29-19-22-41-37(25-29)36-17-8-9-18-40(36)46-41;1-3-7-10-11-8-5-6-9-13(11)14-12(10)4-2;1-3-4-2/h2-28H,1H3;3-9H,2H2,1H3;3-4H,1-2H3/b;7-3-;4-3-. The molecule has 0 saturated heterocycles. The summed E-state index contributed by atoms with van der Waals surface area (Å²) in [6.07, 6.45) is 10.2. The number of nitrogens with zero attached hydrogens (tertiary/aromatic N) is 2. The van der Waals surface area contributed by atoms with Gasteiger partial charge in [-0.3, -0.25) is 0 Å². The maximum Gasteiger partial charge on any atom is 0.135 e. The minimum absolute atomic E-state index is 0.921. The molecule has 0 spiro atoms. The molecule has 0 N–H and O–H groups in total. The predicted octanol–water partition coefficient (Wildman–Crippen LogP) is 19.0. The Morgan fingerprint density at radius 2 is 0.969 bits per heavy atom. The highest BCUT2D eigenvalue weighted by atomic mass is 32.1. The highest BCUT2D eigenvalue weighted by Crippen LogP contribution is 2.42. The number of furan rings is 1. The lowest BCUT2D eigenvalue weighted by molar-refractivity contribution is 0.669. The fourth-order valence-corrected chi connectivity index (χ4v) is 10.3. The lowest BCUT2D eigenvalue weighted by atomic mass is 10.0. The number of thiophene rings is 2. The van der Waals surface area contributed by atoms with Crippen LogP contribution in [-0.2, 0) is 0 Å². The van der Waals surface area contributed by atoms with Gasteiger partial charge in [-0.2, -0.15) is 0 Å². The summed E-state index contributed by atoms with van der Waals surface area (Å²) in [5, 5.41) is 6.18. The van der Waals surface area contributed by atoms with Gasteiger partial charge < -0.3 is 14.2 Å². The van der Waals surface area contributed by atoms with Crippen molar-refractivity contribution in [2.24, 2.45) is 0 Å². The van der Waals surface area contributed by atoms with E-state index in [1.165, 1.54) is 51.8 Å². The molecule has 8 aromatic carbocycles. The monoisotopic (exact) mass is 878 g/mol. The van der Waals surface area contributed by atoms with Crippen LogP contribution in [0.5, 0.6) is 0 Å². The Labute approximate surface area is 389 Å². The Morgan fingerprint density at radius 3 is 1.66 bits per heavy atom. The van der Waals surface area contributed by atoms with E-state index in [0.717, 1.165) is 50.4 Å². The van der Waals surface area contributed by atoms with Crippen molar-refractivity contribution in [2.45, 2.75) is 20.8 Å². The first-order valence-corrected chi connectivity index (χ1v) is 23.6. The van der Waals surface area contributed by atoms with Gasteiger partial charge in [0.05, 0.1) is 0 Å². The van der Waals surface area contributed by atoms with Crippen LogP contribution in [0.1, 0.15) is 31.2 Å². The molecule has 11 rings (SSSR count). The van der Waals surface area contributed by atoms with Gasteiger partial charge in [0, 0.05) is 81.4 Å². The Morgan fingerprint density at radius 1 is 0.431 bits per heavy atom. The van der Waals surface area contributed by atoms with E-state index in [2.05, 4.69) is 212 Å². The number of fused-ring (bicyclic) bond motifs is 7. The van der Waals surface area contributed by atoms with Crippen LogP contribution < -0.4 is 9.80 Å². The normalized spacial score (nSPS) is 11.3. The van der Waals surface area contributed by atoms with Crippen LogP contribution in [0.15, 0.2) is 217 Å². The van der Waals surface area contributed by atoms with Crippen molar-refractivity contribution in [3.63, 3.8) is 0 Å². The molecular weight excluding hydrogens is 829 g/mol. The van der Waals surface area contributed by atoms with Crippen molar-refractivity contribution in [1.29, 1.82) is 0 Å². The number of benzene rings is 8. The third-order valence-electron chi connectivity index (χ3n) is 11.6. The Balaban J connectivity index is 0.000000248. The summed E-state index contributed by atoms with van der Waals surface area (Å²) in [4.78, 5) is 5.84. The number of hydrogen-bond acceptors (Lipinski definition) is 5. The molecule has 3 aromatic heterocycles. The molecule has 0 aliphatic heterocycles. The van der Waals surface area contributed by atoms with Crippen LogP contribution >= 0.6 is 22.7 Å². The summed E-state index contributed by atoms with van der Waals surface area (Å²) >= 11 is 3.64. The Kier molecular flexibility index (Phi) is 12.9. The smallest absolute Gasteiger partial charge is 0.135 e. The highest BCUT2D eigenvalue weighted by molar-refractivity contribution is 7.25. The lowest BCUT2D eigenvalue weighted by Gasteiger charge is -2.27. The summed E-state index contributed by atoms with van der Waals surface area (Å²) < 4.78 is 10.0. The minimum Gasteiger partial charge on any atom is -0.456 e. The lowest BCUT2D eigenvalue weighted by Crippen LogP contribution is -2.12. The van der Waals surface area contributed by atoms with E-state index in [9.17, 15) is 0 Å². The van der Waals surface area contributed by atoms with Crippen LogP contribution in [0, 0.1) is 0 Å². The van der Waals surface area contributed by atoms with Crippen LogP contribution in [0.4, 0.5) is 28.4 Å². The Hall–Kier alpha value is -7.44. The van der Waals surface area contributed by atoms with E-state index in [0.29, 0.717) is 0 Å². The van der Waals surface area contributed by atoms with Gasteiger partial charge in [0.1, 0.15) is 11.2 Å². The Bertz CT molecular complexity index is 3420. The average Bonchev–Trinajstić information content (AvgIpc) is 4.05. The highest BCUT2D eigenvalue weighted by Gasteiger charge is 2.16. The summed E-state index contributed by atoms with van der Waals surface area (Å²) in [7, 11) is 2.15. The molecule has 65 heavy (non-hydrogen) atoms. The molecule has 5 heteroatoms. The first-order valence-electron chi connectivity index (χ1n) is 21.9. The van der Waals surface area contributed by atoms with Crippen LogP contribution in [-0.4, -0.2) is 7.05 Å². The zero-order valence-corrected chi connectivity index (χ0v) is 38.7. The van der Waals surface area contributed by atoms with Gasteiger partial charge in [-0.05, 0) is 135 Å². The summed E-state index contributed by atoms with van der Waals surface area (Å²) in [5.41, 5.74) is 11.2. The fourth-order valence-electron chi connectivity index (χ4n) is 8.22. The second-order valence-electron chi connectivity index (χ2n) is 15.6. The number of rotatable bonds is 8. The van der Waals surface area contributed by atoms with E-state index < -0.39 is 0 Å². The molecule has 0 fully saturated rings. The fraction of sp³-hybridized carbons (Fsp3) is 0.0667. The summed E-state index contributed by atoms with van der Waals surface area (Å²) in [5.74, 6) is 0. The molecule has 11 aromatic rings. The van der Waals surface area contributed by atoms with Crippen molar-refractivity contribution in [2.75, 3.05) is 16.8 Å². The van der Waals surface area contributed by atoms with E-state index in [1.54, 1.807) is 11.3 Å². The SMILES string of the molecule is C/C=C\C.C=Cc1sc2ccccc2c1/C=C\C.CN(c1cccc(N(c2ccccc2)c2ccccc2)c1)c1ccc2sc3ccc(-c4ccc5oc6ccccc6c5c4)cc3c2c1. The molecule has 0 aliphatic carbocycles. The third-order valence-corrected chi connectivity index (χ3v) is 13.9. The van der Waals surface area contributed by atoms with Gasteiger partial charge in [0.25, 0.3) is 0 Å². The van der Waals surface area contributed by atoms with Crippen LogP contribution in [0.25, 0.3) is 75.5 Å². The quantitative estimate of drug-likeness (QED) is 0.142. The maximum atomic E-state index is 6.09. The zero-order chi connectivity index (χ0) is 44.7. The first-order chi connectivity index (χ1) is 32.0. The molecule has 0 saturated carbocycles. The topological polar surface area (TPSA) is 19.6 Å². The number of para-hydroxylation sites is 3. The van der Waals surface area contributed by atoms with Gasteiger partial charge in [0.15, 0.2) is 0 Å². The van der Waals surface area contributed by atoms with Crippen molar-refractivity contribution in [3.8, 4) is 11.1 Å². The van der Waals surface area contributed by atoms with Gasteiger partial charge in [-0.15, -0.1) is 22.7 Å². The molecular formula is C60H50N2OS2. The van der Waals surface area contributed by atoms with Crippen LogP contribution in [0.3, 0.4) is 0 Å². The van der Waals surface area contributed by atoms with Crippen molar-refractivity contribution < 1.29 is 4.42 Å². The molecule has 0 unspecified atom stereocenters. The van der Waals surface area contributed by atoms with Gasteiger partial charge >= 0.3 is 0 Å². The predicted molar refractivity (Wildman–Crippen MR) is 288 cm³/mol. The summed E-state index contributed by atoms with van der Waals surface area (Å²) in [6, 6.07) is 66.8. The first kappa shape index (κ1) is 42.8. The molecule has 0 bridgehead atoms. The van der Waals surface area contributed by atoms with Crippen molar-refractivity contribution in [3.05, 3.63) is 223 Å². The molecule has 3 heterocycles. The van der Waals surface area contributed by atoms with E-state index in [-0.39, 0.29) is 0 Å². The molecule has 0 atom stereocenters. The zero-order valence-electron chi connectivity index (χ0n) is 37.1. The largest absolute Gasteiger partial charge is 0.456 e. The molecule has 318 valence electrons. The van der Waals surface area contributed by atoms with E-state index in [4.69, 9.17) is 4.42 Å². The van der Waals surface area contributed by atoms with Gasteiger partial charge in [0.2, 0.25) is 0 Å². The van der Waals surface area contributed by atoms with Crippen LogP contribution in [0.2, 0.25) is 0 Å². The van der Waals surface area contributed by atoms with Gasteiger partial charge in [-0.1, -0.05) is 128 Å². The maximum absolute atomic E-state index is 6.09. The second-order valence-corrected chi connectivity index (χ2v) is 17.8. The van der Waals surface area contributed by atoms with Crippen molar-refractivity contribution >= 4 is 115 Å². The summed E-state index contributed by atoms with van der Waals surface area (Å²) in [6.45, 7) is 9.89. The molecule has 3 nitrogen and oxygen atoms in total. The van der Waals surface area contributed by atoms with Crippen molar-refractivity contribution in [1.82, 2.24) is 0 Å². The second kappa shape index (κ2) is 19.5. The molecule has 0 radical (unpaired) electrons.